The van der Waals surface area contributed by atoms with Crippen LogP contribution in [0.2, 0.25) is 0 Å². The first kappa shape index (κ1) is 14.0. The monoisotopic (exact) mass is 290 g/mol. The van der Waals surface area contributed by atoms with E-state index in [1.165, 1.54) is 24.2 Å². The van der Waals surface area contributed by atoms with Crippen LogP contribution >= 0.6 is 11.8 Å². The minimum atomic E-state index is 0.198. The van der Waals surface area contributed by atoms with Crippen LogP contribution in [0.15, 0.2) is 29.2 Å². The molecule has 1 saturated carbocycles. The number of nitrogens with zero attached hydrogens (tertiary/aromatic N) is 1. The number of carbonyl (C=O) groups is 1. The number of para-hydroxylation sites is 1. The summed E-state index contributed by atoms with van der Waals surface area (Å²) in [6, 6.07) is 8.66. The molecule has 20 heavy (non-hydrogen) atoms. The second kappa shape index (κ2) is 6.19. The third-order valence-electron chi connectivity index (χ3n) is 4.46. The van der Waals surface area contributed by atoms with E-state index in [1.54, 1.807) is 0 Å². The van der Waals surface area contributed by atoms with Gasteiger partial charge < -0.3 is 10.2 Å². The van der Waals surface area contributed by atoms with Crippen molar-refractivity contribution in [1.29, 1.82) is 0 Å². The van der Waals surface area contributed by atoms with E-state index >= 15 is 0 Å². The van der Waals surface area contributed by atoms with E-state index in [9.17, 15) is 4.79 Å². The maximum Gasteiger partial charge on any atom is 0.241 e. The lowest BCUT2D eigenvalue weighted by Gasteiger charge is -2.33. The van der Waals surface area contributed by atoms with Gasteiger partial charge in [-0.15, -0.1) is 11.8 Å². The van der Waals surface area contributed by atoms with Crippen LogP contribution in [-0.2, 0) is 4.79 Å². The molecule has 0 bridgehead atoms. The minimum absolute atomic E-state index is 0.198. The van der Waals surface area contributed by atoms with Crippen molar-refractivity contribution >= 4 is 23.4 Å². The molecule has 3 rings (SSSR count). The van der Waals surface area contributed by atoms with Gasteiger partial charge in [-0.25, -0.2) is 0 Å². The summed E-state index contributed by atoms with van der Waals surface area (Å²) in [5.41, 5.74) is 1.08. The molecule has 1 fully saturated rings. The van der Waals surface area contributed by atoms with Crippen molar-refractivity contribution in [2.75, 3.05) is 23.7 Å². The van der Waals surface area contributed by atoms with E-state index in [1.807, 2.05) is 28.8 Å². The number of thioether (sulfide) groups is 1. The molecule has 0 unspecified atom stereocenters. The molecule has 0 saturated heterocycles. The number of carbonyl (C=O) groups excluding carboxylic acids is 1. The van der Waals surface area contributed by atoms with E-state index < -0.39 is 0 Å². The van der Waals surface area contributed by atoms with Gasteiger partial charge in [-0.2, -0.15) is 0 Å². The van der Waals surface area contributed by atoms with Crippen LogP contribution in [0.5, 0.6) is 0 Å². The van der Waals surface area contributed by atoms with Gasteiger partial charge in [0, 0.05) is 23.2 Å². The molecule has 108 valence electrons. The fourth-order valence-corrected chi connectivity index (χ4v) is 3.87. The zero-order valence-corrected chi connectivity index (χ0v) is 12.8. The maximum absolute atomic E-state index is 12.4. The quantitative estimate of drug-likeness (QED) is 0.925. The minimum Gasteiger partial charge on any atom is -0.309 e. The molecular formula is C16H22N2OS. The molecule has 1 amide bonds. The van der Waals surface area contributed by atoms with Crippen molar-refractivity contribution in [3.05, 3.63) is 24.3 Å². The van der Waals surface area contributed by atoms with Gasteiger partial charge in [0.15, 0.2) is 0 Å². The Bertz CT molecular complexity index is 487. The third-order valence-corrected chi connectivity index (χ3v) is 5.50. The molecule has 1 heterocycles. The van der Waals surface area contributed by atoms with Gasteiger partial charge in [-0.3, -0.25) is 4.79 Å². The Morgan fingerprint density at radius 3 is 3.00 bits per heavy atom. The molecule has 4 heteroatoms. The predicted octanol–water partition coefficient (Wildman–Crippen LogP) is 2.90. The average molecular weight is 290 g/mol. The highest BCUT2D eigenvalue weighted by Crippen LogP contribution is 2.34. The van der Waals surface area contributed by atoms with Crippen molar-refractivity contribution < 1.29 is 4.79 Å². The first-order valence-electron chi connectivity index (χ1n) is 7.51. The number of amides is 1. The summed E-state index contributed by atoms with van der Waals surface area (Å²) in [7, 11) is 0. The van der Waals surface area contributed by atoms with Gasteiger partial charge in [-0.1, -0.05) is 18.6 Å². The molecule has 3 nitrogen and oxygen atoms in total. The summed E-state index contributed by atoms with van der Waals surface area (Å²) >= 11 is 1.84. The summed E-state index contributed by atoms with van der Waals surface area (Å²) < 4.78 is 0. The molecule has 1 N–H and O–H groups in total. The van der Waals surface area contributed by atoms with Crippen LogP contribution in [0.25, 0.3) is 0 Å². The summed E-state index contributed by atoms with van der Waals surface area (Å²) in [6.45, 7) is 3.48. The molecule has 1 aliphatic heterocycles. The second-order valence-electron chi connectivity index (χ2n) is 5.72. The van der Waals surface area contributed by atoms with Crippen molar-refractivity contribution in [1.82, 2.24) is 5.32 Å². The lowest BCUT2D eigenvalue weighted by atomic mass is 9.80. The number of nitrogens with one attached hydrogen (secondary N) is 1. The highest BCUT2D eigenvalue weighted by atomic mass is 32.2. The molecule has 0 radical (unpaired) electrons. The number of hydrogen-bond donors (Lipinski definition) is 1. The van der Waals surface area contributed by atoms with Crippen molar-refractivity contribution in [2.24, 2.45) is 5.92 Å². The fraction of sp³-hybridized carbons (Fsp3) is 0.562. The van der Waals surface area contributed by atoms with Gasteiger partial charge in [0.25, 0.3) is 0 Å². The molecule has 1 aromatic rings. The smallest absolute Gasteiger partial charge is 0.241 e. The number of benzene rings is 1. The summed E-state index contributed by atoms with van der Waals surface area (Å²) in [6.07, 6.45) is 3.97. The van der Waals surface area contributed by atoms with Gasteiger partial charge in [0.2, 0.25) is 5.91 Å². The molecule has 2 aliphatic rings. The Kier molecular flexibility index (Phi) is 4.32. The number of rotatable bonds is 4. The average Bonchev–Trinajstić information content (AvgIpc) is 2.42. The lowest BCUT2D eigenvalue weighted by Crippen LogP contribution is -2.45. The van der Waals surface area contributed by atoms with Crippen LogP contribution in [0, 0.1) is 5.92 Å². The second-order valence-corrected chi connectivity index (χ2v) is 6.86. The van der Waals surface area contributed by atoms with Crippen molar-refractivity contribution in [2.45, 2.75) is 37.1 Å². The summed E-state index contributed by atoms with van der Waals surface area (Å²) in [5, 5.41) is 3.41. The molecule has 1 atom stereocenters. The van der Waals surface area contributed by atoms with E-state index in [-0.39, 0.29) is 5.91 Å². The SMILES string of the molecule is C[C@H](NCC(=O)N1CCSc2ccccc21)C1CCC1. The Labute approximate surface area is 125 Å². The Hall–Kier alpha value is -1.00. The highest BCUT2D eigenvalue weighted by molar-refractivity contribution is 7.99. The van der Waals surface area contributed by atoms with E-state index in [4.69, 9.17) is 0 Å². The van der Waals surface area contributed by atoms with Gasteiger partial charge in [0.1, 0.15) is 0 Å². The number of fused-ring (bicyclic) bond motifs is 1. The number of hydrogen-bond acceptors (Lipinski definition) is 3. The third kappa shape index (κ3) is 2.86. The largest absolute Gasteiger partial charge is 0.309 e. The maximum atomic E-state index is 12.4. The Balaban J connectivity index is 1.60. The van der Waals surface area contributed by atoms with Crippen LogP contribution < -0.4 is 10.2 Å². The van der Waals surface area contributed by atoms with Gasteiger partial charge in [-0.05, 0) is 37.8 Å². The van der Waals surface area contributed by atoms with E-state index in [0.717, 1.165) is 23.9 Å². The van der Waals surface area contributed by atoms with Crippen molar-refractivity contribution in [3.8, 4) is 0 Å². The van der Waals surface area contributed by atoms with Gasteiger partial charge in [0.05, 0.1) is 12.2 Å². The molecule has 0 aromatic heterocycles. The van der Waals surface area contributed by atoms with Crippen LogP contribution in [-0.4, -0.2) is 30.8 Å². The summed E-state index contributed by atoms with van der Waals surface area (Å²) in [4.78, 5) is 15.6. The first-order valence-corrected chi connectivity index (χ1v) is 8.50. The predicted molar refractivity (Wildman–Crippen MR) is 84.3 cm³/mol. The zero-order valence-electron chi connectivity index (χ0n) is 12.0. The summed E-state index contributed by atoms with van der Waals surface area (Å²) in [5.74, 6) is 1.96. The van der Waals surface area contributed by atoms with Crippen LogP contribution in [0.3, 0.4) is 0 Å². The number of anilines is 1. The molecule has 1 aromatic carbocycles. The topological polar surface area (TPSA) is 32.3 Å². The van der Waals surface area contributed by atoms with Crippen molar-refractivity contribution in [3.63, 3.8) is 0 Å². The molecule has 1 aliphatic carbocycles. The van der Waals surface area contributed by atoms with E-state index in [0.29, 0.717) is 12.6 Å². The lowest BCUT2D eigenvalue weighted by molar-refractivity contribution is -0.118. The van der Waals surface area contributed by atoms with E-state index in [2.05, 4.69) is 24.4 Å². The van der Waals surface area contributed by atoms with Crippen LogP contribution in [0.1, 0.15) is 26.2 Å². The Morgan fingerprint density at radius 1 is 1.45 bits per heavy atom. The Morgan fingerprint density at radius 2 is 2.25 bits per heavy atom. The van der Waals surface area contributed by atoms with Gasteiger partial charge >= 0.3 is 0 Å². The standard InChI is InChI=1S/C16H22N2OS/c1-12(13-5-4-6-13)17-11-16(19)18-9-10-20-15-8-3-2-7-14(15)18/h2-3,7-8,12-13,17H,4-6,9-11H2,1H3/t12-/m0/s1. The van der Waals surface area contributed by atoms with Crippen LogP contribution in [0.4, 0.5) is 5.69 Å². The molecule has 0 spiro atoms. The highest BCUT2D eigenvalue weighted by Gasteiger charge is 2.26. The molecular weight excluding hydrogens is 268 g/mol. The normalized spacial score (nSPS) is 20.1. The first-order chi connectivity index (χ1) is 9.75. The zero-order chi connectivity index (χ0) is 13.9. The fourth-order valence-electron chi connectivity index (χ4n) is 2.88.